The van der Waals surface area contributed by atoms with Crippen molar-refractivity contribution in [3.63, 3.8) is 0 Å². The number of hydrogen-bond donors (Lipinski definition) is 2. The van der Waals surface area contributed by atoms with Gasteiger partial charge in [0.1, 0.15) is 0 Å². The minimum atomic E-state index is -0.788. The second-order valence-electron chi connectivity index (χ2n) is 5.62. The van der Waals surface area contributed by atoms with E-state index in [1.807, 2.05) is 18.2 Å². The maximum Gasteiger partial charge on any atom is 0.205 e. The first-order valence-corrected chi connectivity index (χ1v) is 8.25. The molecule has 0 spiro atoms. The van der Waals surface area contributed by atoms with Gasteiger partial charge in [-0.1, -0.05) is 32.9 Å². The van der Waals surface area contributed by atoms with Crippen molar-refractivity contribution in [1.29, 1.82) is 0 Å². The van der Waals surface area contributed by atoms with Crippen LogP contribution in [0.1, 0.15) is 32.4 Å². The standard InChI is InChI=1S/C13H23N2OSi/c1-13(2,3)12(16-17(4)5)9-7-6-8-10(14)11(9)15/h6-8,12H,14-15H2,1-5H3. The van der Waals surface area contributed by atoms with Crippen molar-refractivity contribution in [2.75, 3.05) is 11.5 Å². The number of para-hydroxylation sites is 1. The van der Waals surface area contributed by atoms with E-state index in [1.165, 1.54) is 0 Å². The second kappa shape index (κ2) is 5.10. The Morgan fingerprint density at radius 1 is 1.18 bits per heavy atom. The monoisotopic (exact) mass is 251 g/mol. The molecule has 17 heavy (non-hydrogen) atoms. The maximum absolute atomic E-state index is 6.10. The Balaban J connectivity index is 3.18. The maximum atomic E-state index is 6.10. The van der Waals surface area contributed by atoms with Crippen LogP contribution in [0.5, 0.6) is 0 Å². The summed E-state index contributed by atoms with van der Waals surface area (Å²) in [5, 5.41) is 0. The number of hydrogen-bond acceptors (Lipinski definition) is 3. The van der Waals surface area contributed by atoms with E-state index in [0.717, 1.165) is 5.56 Å². The molecule has 0 aromatic heterocycles. The SMILES string of the molecule is C[Si](C)OC(c1cccc(N)c1N)C(C)(C)C. The molecule has 1 atom stereocenters. The minimum Gasteiger partial charge on any atom is -0.410 e. The molecule has 0 aliphatic rings. The lowest BCUT2D eigenvalue weighted by molar-refractivity contribution is 0.0873. The van der Waals surface area contributed by atoms with E-state index >= 15 is 0 Å². The van der Waals surface area contributed by atoms with E-state index in [4.69, 9.17) is 15.9 Å². The highest BCUT2D eigenvalue weighted by Crippen LogP contribution is 2.40. The van der Waals surface area contributed by atoms with E-state index in [1.54, 1.807) is 0 Å². The van der Waals surface area contributed by atoms with E-state index in [0.29, 0.717) is 11.4 Å². The predicted molar refractivity (Wildman–Crippen MR) is 76.0 cm³/mol. The number of anilines is 2. The molecule has 1 aromatic carbocycles. The minimum absolute atomic E-state index is 0.00382. The highest BCUT2D eigenvalue weighted by Gasteiger charge is 2.29. The fraction of sp³-hybridized carbons (Fsp3) is 0.538. The Hall–Kier alpha value is -1.00. The van der Waals surface area contributed by atoms with Crippen molar-refractivity contribution in [3.05, 3.63) is 23.8 Å². The van der Waals surface area contributed by atoms with Crippen LogP contribution in [0.2, 0.25) is 13.1 Å². The highest BCUT2D eigenvalue weighted by molar-refractivity contribution is 6.48. The molecule has 0 aliphatic carbocycles. The summed E-state index contributed by atoms with van der Waals surface area (Å²) in [6.45, 7) is 10.7. The normalized spacial score (nSPS) is 14.0. The number of nitrogens with two attached hydrogens (primary N) is 2. The van der Waals surface area contributed by atoms with Crippen LogP contribution in [-0.2, 0) is 4.43 Å². The predicted octanol–water partition coefficient (Wildman–Crippen LogP) is 3.21. The van der Waals surface area contributed by atoms with Crippen molar-refractivity contribution in [3.8, 4) is 0 Å². The lowest BCUT2D eigenvalue weighted by Gasteiger charge is -2.33. The molecular formula is C13H23N2OSi. The Kier molecular flexibility index (Phi) is 4.22. The van der Waals surface area contributed by atoms with E-state index in [2.05, 4.69) is 33.9 Å². The van der Waals surface area contributed by atoms with Crippen LogP contribution in [-0.4, -0.2) is 9.04 Å². The summed E-state index contributed by atoms with van der Waals surface area (Å²) in [7, 11) is -0.788. The van der Waals surface area contributed by atoms with Crippen molar-refractivity contribution in [2.24, 2.45) is 5.41 Å². The first-order valence-electron chi connectivity index (χ1n) is 5.84. The Morgan fingerprint density at radius 2 is 1.76 bits per heavy atom. The average Bonchev–Trinajstić information content (AvgIpc) is 2.17. The van der Waals surface area contributed by atoms with Gasteiger partial charge >= 0.3 is 0 Å². The Bertz CT molecular complexity index is 385. The number of benzene rings is 1. The van der Waals surface area contributed by atoms with Crippen molar-refractivity contribution in [2.45, 2.75) is 40.0 Å². The van der Waals surface area contributed by atoms with Gasteiger partial charge in [-0.3, -0.25) is 0 Å². The summed E-state index contributed by atoms with van der Waals surface area (Å²) in [6.07, 6.45) is -0.00473. The summed E-state index contributed by atoms with van der Waals surface area (Å²) >= 11 is 0. The highest BCUT2D eigenvalue weighted by atomic mass is 28.3. The van der Waals surface area contributed by atoms with Crippen LogP contribution in [0, 0.1) is 5.41 Å². The molecule has 0 amide bonds. The molecule has 4 heteroatoms. The summed E-state index contributed by atoms with van der Waals surface area (Å²) in [4.78, 5) is 0. The molecule has 0 saturated heterocycles. The molecule has 1 aromatic rings. The molecule has 1 unspecified atom stereocenters. The van der Waals surface area contributed by atoms with Crippen molar-refractivity contribution in [1.82, 2.24) is 0 Å². The third-order valence-corrected chi connectivity index (χ3v) is 3.30. The van der Waals surface area contributed by atoms with E-state index in [9.17, 15) is 0 Å². The zero-order valence-corrected chi connectivity index (χ0v) is 12.4. The molecule has 95 valence electrons. The molecule has 0 fully saturated rings. The fourth-order valence-electron chi connectivity index (χ4n) is 1.77. The third kappa shape index (κ3) is 3.48. The van der Waals surface area contributed by atoms with Gasteiger partial charge in [0.05, 0.1) is 17.5 Å². The average molecular weight is 251 g/mol. The number of nitrogen functional groups attached to an aromatic ring is 2. The summed E-state index contributed by atoms with van der Waals surface area (Å²) in [6, 6.07) is 5.76. The quantitative estimate of drug-likeness (QED) is 0.640. The van der Waals surface area contributed by atoms with Gasteiger partial charge in [-0.2, -0.15) is 0 Å². The Morgan fingerprint density at radius 3 is 2.24 bits per heavy atom. The van der Waals surface area contributed by atoms with Crippen LogP contribution in [0.3, 0.4) is 0 Å². The number of rotatable bonds is 3. The third-order valence-electron chi connectivity index (χ3n) is 2.60. The fourth-order valence-corrected chi connectivity index (χ4v) is 2.72. The summed E-state index contributed by atoms with van der Waals surface area (Å²) < 4.78 is 6.10. The van der Waals surface area contributed by atoms with Crippen LogP contribution in [0.4, 0.5) is 11.4 Å². The second-order valence-corrected chi connectivity index (χ2v) is 7.67. The van der Waals surface area contributed by atoms with Crippen LogP contribution in [0.15, 0.2) is 18.2 Å². The molecule has 0 saturated carbocycles. The molecule has 3 nitrogen and oxygen atoms in total. The van der Waals surface area contributed by atoms with Crippen molar-refractivity contribution < 1.29 is 4.43 Å². The smallest absolute Gasteiger partial charge is 0.205 e. The van der Waals surface area contributed by atoms with Crippen molar-refractivity contribution >= 4 is 20.4 Å². The van der Waals surface area contributed by atoms with Gasteiger partial charge in [0.15, 0.2) is 0 Å². The largest absolute Gasteiger partial charge is 0.410 e. The Labute approximate surface area is 106 Å². The van der Waals surface area contributed by atoms with E-state index < -0.39 is 9.04 Å². The molecule has 0 heterocycles. The summed E-state index contributed by atoms with van der Waals surface area (Å²) in [5.41, 5.74) is 14.2. The van der Waals surface area contributed by atoms with E-state index in [-0.39, 0.29) is 11.5 Å². The molecule has 0 aliphatic heterocycles. The van der Waals surface area contributed by atoms with Gasteiger partial charge in [0.2, 0.25) is 9.04 Å². The lowest BCUT2D eigenvalue weighted by atomic mass is 9.84. The molecule has 1 rings (SSSR count). The molecule has 4 N–H and O–H groups in total. The zero-order valence-electron chi connectivity index (χ0n) is 11.4. The van der Waals surface area contributed by atoms with Gasteiger partial charge in [-0.25, -0.2) is 0 Å². The van der Waals surface area contributed by atoms with Crippen LogP contribution >= 0.6 is 0 Å². The molecule has 1 radical (unpaired) electrons. The topological polar surface area (TPSA) is 61.3 Å². The zero-order chi connectivity index (χ0) is 13.2. The van der Waals surface area contributed by atoms with Gasteiger partial charge in [-0.15, -0.1) is 0 Å². The molecule has 0 bridgehead atoms. The molecular weight excluding hydrogens is 228 g/mol. The van der Waals surface area contributed by atoms with Gasteiger partial charge in [0.25, 0.3) is 0 Å². The first-order chi connectivity index (χ1) is 7.73. The summed E-state index contributed by atoms with van der Waals surface area (Å²) in [5.74, 6) is 0. The van der Waals surface area contributed by atoms with Gasteiger partial charge < -0.3 is 15.9 Å². The first kappa shape index (κ1) is 14.1. The van der Waals surface area contributed by atoms with Crippen LogP contribution in [0.25, 0.3) is 0 Å². The van der Waals surface area contributed by atoms with Gasteiger partial charge in [-0.05, 0) is 24.6 Å². The van der Waals surface area contributed by atoms with Gasteiger partial charge in [0, 0.05) is 5.56 Å². The lowest BCUT2D eigenvalue weighted by Crippen LogP contribution is -2.26. The van der Waals surface area contributed by atoms with Crippen LogP contribution < -0.4 is 11.5 Å².